The van der Waals surface area contributed by atoms with Gasteiger partial charge < -0.3 is 19.3 Å². The molecule has 1 aliphatic heterocycles. The van der Waals surface area contributed by atoms with Gasteiger partial charge in [0.15, 0.2) is 0 Å². The van der Waals surface area contributed by atoms with E-state index in [4.69, 9.17) is 14.2 Å². The van der Waals surface area contributed by atoms with Crippen molar-refractivity contribution in [3.63, 3.8) is 0 Å². The predicted molar refractivity (Wildman–Crippen MR) is 83.6 cm³/mol. The standard InChI is InChI=1S/C15H17BrN2O4/c1-8-7-18-12(14(16)17-15(18)22-8)13(19)10-6-9(20-2)4-5-11(10)21-3/h4-6,8,13,19H,7H2,1-3H3. The van der Waals surface area contributed by atoms with Gasteiger partial charge in [-0.3, -0.25) is 4.57 Å². The van der Waals surface area contributed by atoms with E-state index in [9.17, 15) is 5.11 Å². The number of aromatic nitrogens is 2. The molecule has 0 amide bonds. The minimum atomic E-state index is -0.908. The van der Waals surface area contributed by atoms with Crippen molar-refractivity contribution in [1.29, 1.82) is 0 Å². The molecular formula is C15H17BrN2O4. The second-order valence-corrected chi connectivity index (χ2v) is 5.87. The molecule has 118 valence electrons. The Morgan fingerprint density at radius 3 is 2.86 bits per heavy atom. The fraction of sp³-hybridized carbons (Fsp3) is 0.400. The molecule has 1 aromatic heterocycles. The third kappa shape index (κ3) is 2.44. The van der Waals surface area contributed by atoms with Gasteiger partial charge in [0.25, 0.3) is 6.01 Å². The molecule has 0 saturated carbocycles. The average Bonchev–Trinajstić information content (AvgIpc) is 3.00. The Balaban J connectivity index is 2.07. The summed E-state index contributed by atoms with van der Waals surface area (Å²) in [5.74, 6) is 1.24. The summed E-state index contributed by atoms with van der Waals surface area (Å²) in [6.45, 7) is 2.61. The van der Waals surface area contributed by atoms with Crippen LogP contribution in [-0.4, -0.2) is 35.0 Å². The minimum Gasteiger partial charge on any atom is -0.497 e. The molecule has 0 radical (unpaired) electrons. The lowest BCUT2D eigenvalue weighted by atomic mass is 10.0. The van der Waals surface area contributed by atoms with E-state index in [2.05, 4.69) is 20.9 Å². The van der Waals surface area contributed by atoms with Crippen molar-refractivity contribution in [3.05, 3.63) is 34.1 Å². The van der Waals surface area contributed by atoms with Crippen molar-refractivity contribution in [2.24, 2.45) is 0 Å². The van der Waals surface area contributed by atoms with Crippen LogP contribution >= 0.6 is 15.9 Å². The lowest BCUT2D eigenvalue weighted by Gasteiger charge is -2.17. The quantitative estimate of drug-likeness (QED) is 0.897. The highest BCUT2D eigenvalue weighted by molar-refractivity contribution is 9.10. The first-order valence-corrected chi connectivity index (χ1v) is 7.67. The van der Waals surface area contributed by atoms with Crippen molar-refractivity contribution in [2.45, 2.75) is 25.7 Å². The molecule has 2 unspecified atom stereocenters. The van der Waals surface area contributed by atoms with Crippen LogP contribution in [0, 0.1) is 0 Å². The maximum Gasteiger partial charge on any atom is 0.298 e. The second-order valence-electron chi connectivity index (χ2n) is 5.12. The van der Waals surface area contributed by atoms with Crippen molar-refractivity contribution in [2.75, 3.05) is 14.2 Å². The predicted octanol–water partition coefficient (Wildman–Crippen LogP) is 2.53. The molecule has 3 rings (SSSR count). The number of ether oxygens (including phenoxy) is 3. The molecule has 0 saturated heterocycles. The summed E-state index contributed by atoms with van der Waals surface area (Å²) in [6, 6.07) is 5.83. The maximum absolute atomic E-state index is 10.9. The van der Waals surface area contributed by atoms with E-state index in [1.165, 1.54) is 0 Å². The zero-order chi connectivity index (χ0) is 15.9. The smallest absolute Gasteiger partial charge is 0.298 e. The van der Waals surface area contributed by atoms with Gasteiger partial charge in [-0.05, 0) is 41.1 Å². The van der Waals surface area contributed by atoms with Crippen LogP contribution in [0.2, 0.25) is 0 Å². The van der Waals surface area contributed by atoms with Crippen molar-refractivity contribution < 1.29 is 19.3 Å². The van der Waals surface area contributed by atoms with E-state index >= 15 is 0 Å². The highest BCUT2D eigenvalue weighted by Crippen LogP contribution is 2.39. The molecule has 1 aromatic carbocycles. The van der Waals surface area contributed by atoms with E-state index in [0.717, 1.165) is 0 Å². The number of fused-ring (bicyclic) bond motifs is 1. The first-order valence-electron chi connectivity index (χ1n) is 6.87. The number of hydrogen-bond acceptors (Lipinski definition) is 5. The normalized spacial score (nSPS) is 17.8. The number of rotatable bonds is 4. The van der Waals surface area contributed by atoms with Gasteiger partial charge in [-0.15, -0.1) is 0 Å². The molecule has 22 heavy (non-hydrogen) atoms. The van der Waals surface area contributed by atoms with Crippen molar-refractivity contribution in [1.82, 2.24) is 9.55 Å². The van der Waals surface area contributed by atoms with Crippen LogP contribution in [0.15, 0.2) is 22.8 Å². The summed E-state index contributed by atoms with van der Waals surface area (Å²) >= 11 is 3.40. The first-order chi connectivity index (χ1) is 10.5. The number of aliphatic hydroxyl groups is 1. The summed E-state index contributed by atoms with van der Waals surface area (Å²) in [6.07, 6.45) is -0.872. The number of halogens is 1. The molecule has 0 bridgehead atoms. The largest absolute Gasteiger partial charge is 0.497 e. The van der Waals surface area contributed by atoms with E-state index in [-0.39, 0.29) is 6.10 Å². The molecular weight excluding hydrogens is 352 g/mol. The summed E-state index contributed by atoms with van der Waals surface area (Å²) in [4.78, 5) is 4.31. The van der Waals surface area contributed by atoms with Crippen LogP contribution in [-0.2, 0) is 6.54 Å². The Morgan fingerprint density at radius 2 is 2.18 bits per heavy atom. The third-order valence-electron chi connectivity index (χ3n) is 3.66. The molecule has 1 N–H and O–H groups in total. The Kier molecular flexibility index (Phi) is 4.01. The minimum absolute atomic E-state index is 0.0359. The molecule has 0 spiro atoms. The Bertz CT molecular complexity index is 701. The highest BCUT2D eigenvalue weighted by Gasteiger charge is 2.31. The molecule has 2 heterocycles. The Morgan fingerprint density at radius 1 is 1.41 bits per heavy atom. The van der Waals surface area contributed by atoms with Gasteiger partial charge in [0.1, 0.15) is 28.3 Å². The number of hydrogen-bond donors (Lipinski definition) is 1. The van der Waals surface area contributed by atoms with Crippen molar-refractivity contribution >= 4 is 15.9 Å². The molecule has 2 aromatic rings. The summed E-state index contributed by atoms with van der Waals surface area (Å²) in [5, 5.41) is 10.9. The molecule has 2 atom stereocenters. The van der Waals surface area contributed by atoms with Gasteiger partial charge in [-0.1, -0.05) is 0 Å². The monoisotopic (exact) mass is 368 g/mol. The SMILES string of the molecule is COc1ccc(OC)c(C(O)c2c(Br)nc3n2CC(C)O3)c1. The topological polar surface area (TPSA) is 65.7 Å². The Hall–Kier alpha value is -1.73. The van der Waals surface area contributed by atoms with Crippen LogP contribution in [0.5, 0.6) is 17.5 Å². The summed E-state index contributed by atoms with van der Waals surface area (Å²) < 4.78 is 18.6. The summed E-state index contributed by atoms with van der Waals surface area (Å²) in [7, 11) is 3.15. The van der Waals surface area contributed by atoms with Gasteiger partial charge in [-0.2, -0.15) is 4.98 Å². The lowest BCUT2D eigenvalue weighted by Crippen LogP contribution is -2.13. The van der Waals surface area contributed by atoms with Crippen LogP contribution in [0.1, 0.15) is 24.3 Å². The van der Waals surface area contributed by atoms with Crippen LogP contribution < -0.4 is 14.2 Å². The van der Waals surface area contributed by atoms with Crippen molar-refractivity contribution in [3.8, 4) is 17.5 Å². The van der Waals surface area contributed by atoms with E-state index in [1.807, 2.05) is 11.5 Å². The number of benzene rings is 1. The van der Waals surface area contributed by atoms with Crippen LogP contribution in [0.3, 0.4) is 0 Å². The van der Waals surface area contributed by atoms with E-state index in [1.54, 1.807) is 32.4 Å². The number of nitrogens with zero attached hydrogens (tertiary/aromatic N) is 2. The number of imidazole rings is 1. The zero-order valence-corrected chi connectivity index (χ0v) is 14.1. The fourth-order valence-electron chi connectivity index (χ4n) is 2.62. The summed E-state index contributed by atoms with van der Waals surface area (Å²) in [5.41, 5.74) is 1.26. The molecule has 6 nitrogen and oxygen atoms in total. The average molecular weight is 369 g/mol. The number of aliphatic hydroxyl groups excluding tert-OH is 1. The van der Waals surface area contributed by atoms with Gasteiger partial charge in [0.2, 0.25) is 0 Å². The van der Waals surface area contributed by atoms with Gasteiger partial charge in [0.05, 0.1) is 26.5 Å². The van der Waals surface area contributed by atoms with Crippen LogP contribution in [0.4, 0.5) is 0 Å². The second kappa shape index (κ2) is 5.81. The van der Waals surface area contributed by atoms with E-state index in [0.29, 0.717) is 39.9 Å². The Labute approximate surface area is 136 Å². The van der Waals surface area contributed by atoms with Crippen LogP contribution in [0.25, 0.3) is 0 Å². The highest BCUT2D eigenvalue weighted by atomic mass is 79.9. The molecule has 0 fully saturated rings. The van der Waals surface area contributed by atoms with E-state index < -0.39 is 6.10 Å². The van der Waals surface area contributed by atoms with Gasteiger partial charge >= 0.3 is 0 Å². The van der Waals surface area contributed by atoms with Gasteiger partial charge in [-0.25, -0.2) is 0 Å². The number of methoxy groups -OCH3 is 2. The first kappa shape index (κ1) is 15.2. The maximum atomic E-state index is 10.9. The lowest BCUT2D eigenvalue weighted by molar-refractivity contribution is 0.203. The third-order valence-corrected chi connectivity index (χ3v) is 4.25. The fourth-order valence-corrected chi connectivity index (χ4v) is 3.20. The zero-order valence-electron chi connectivity index (χ0n) is 12.5. The molecule has 1 aliphatic rings. The molecule has 0 aliphatic carbocycles. The molecule has 7 heteroatoms. The van der Waals surface area contributed by atoms with Gasteiger partial charge in [0, 0.05) is 5.56 Å².